The number of nitrogen functional groups attached to an aromatic ring is 1. The van der Waals surface area contributed by atoms with Gasteiger partial charge in [-0.25, -0.2) is 9.37 Å². The lowest BCUT2D eigenvalue weighted by molar-refractivity contribution is -0.130. The molecule has 0 aliphatic carbocycles. The van der Waals surface area contributed by atoms with Crippen LogP contribution in [0.2, 0.25) is 0 Å². The Kier molecular flexibility index (Phi) is 7.52. The minimum absolute atomic E-state index is 0.215. The number of benzene rings is 2. The van der Waals surface area contributed by atoms with Gasteiger partial charge in [0.15, 0.2) is 0 Å². The Bertz CT molecular complexity index is 1110. The summed E-state index contributed by atoms with van der Waals surface area (Å²) in [7, 11) is 0. The highest BCUT2D eigenvalue weighted by molar-refractivity contribution is 5.81. The first-order chi connectivity index (χ1) is 16.4. The van der Waals surface area contributed by atoms with Crippen LogP contribution >= 0.6 is 0 Å². The third-order valence-electron chi connectivity index (χ3n) is 5.90. The summed E-state index contributed by atoms with van der Waals surface area (Å²) in [5, 5.41) is 16.7. The first-order valence-corrected chi connectivity index (χ1v) is 11.3. The quantitative estimate of drug-likeness (QED) is 0.343. The van der Waals surface area contributed by atoms with E-state index in [1.54, 1.807) is 18.2 Å². The van der Waals surface area contributed by atoms with E-state index in [9.17, 15) is 14.3 Å². The summed E-state index contributed by atoms with van der Waals surface area (Å²) in [6, 6.07) is 18.8. The average Bonchev–Trinajstić information content (AvgIpc) is 3.60. The third-order valence-corrected chi connectivity index (χ3v) is 5.90. The van der Waals surface area contributed by atoms with E-state index >= 15 is 0 Å². The van der Waals surface area contributed by atoms with Crippen LogP contribution in [0.25, 0.3) is 0 Å². The number of hydrogen-bond acceptors (Lipinski definition) is 6. The number of pyridine rings is 1. The number of epoxide rings is 1. The highest BCUT2D eigenvalue weighted by atomic mass is 19.1. The second-order valence-electron chi connectivity index (χ2n) is 8.53. The number of nitrogens with one attached hydrogen (secondary N) is 2. The topological polar surface area (TPSA) is 113 Å². The molecule has 3 aromatic rings. The predicted octanol–water partition coefficient (Wildman–Crippen LogP) is 2.26. The molecule has 1 fully saturated rings. The number of aromatic nitrogens is 1. The standard InChI is InChI=1S/C26H29FN4O3/c1-16-19(9-12-23(28)30-16)15-29-26-24(34-26)21(13-18-7-10-20(27)11-8-18)31-25(33)22(32)14-17-5-3-2-4-6-17/h2-12,21-22,24,26,29,32H,13-15H2,1H3,(H2,28,30)(H,31,33). The number of halogens is 1. The molecule has 2 aromatic carbocycles. The molecule has 0 spiro atoms. The number of ether oxygens (including phenoxy) is 1. The molecule has 1 aliphatic rings. The number of aliphatic hydroxyl groups excluding tert-OH is 1. The molecule has 7 nitrogen and oxygen atoms in total. The van der Waals surface area contributed by atoms with Gasteiger partial charge in [-0.2, -0.15) is 0 Å². The Hall–Kier alpha value is -3.33. The van der Waals surface area contributed by atoms with Gasteiger partial charge in [0.2, 0.25) is 5.91 Å². The number of aliphatic hydroxyl groups is 1. The lowest BCUT2D eigenvalue weighted by Gasteiger charge is -2.20. The number of aryl methyl sites for hydroxylation is 1. The molecule has 1 saturated heterocycles. The van der Waals surface area contributed by atoms with E-state index < -0.39 is 18.1 Å². The summed E-state index contributed by atoms with van der Waals surface area (Å²) in [5.41, 5.74) is 9.29. The molecule has 0 bridgehead atoms. The van der Waals surface area contributed by atoms with Gasteiger partial charge in [0.1, 0.15) is 30.1 Å². The van der Waals surface area contributed by atoms with Crippen LogP contribution in [0.4, 0.5) is 10.2 Å². The van der Waals surface area contributed by atoms with Crippen LogP contribution < -0.4 is 16.4 Å². The van der Waals surface area contributed by atoms with Gasteiger partial charge in [0, 0.05) is 18.7 Å². The van der Waals surface area contributed by atoms with Gasteiger partial charge in [-0.3, -0.25) is 10.1 Å². The molecule has 1 amide bonds. The number of hydrogen-bond donors (Lipinski definition) is 4. The number of nitrogens with two attached hydrogens (primary N) is 1. The zero-order valence-corrected chi connectivity index (χ0v) is 18.9. The summed E-state index contributed by atoms with van der Waals surface area (Å²) in [4.78, 5) is 17.0. The lowest BCUT2D eigenvalue weighted by Crippen LogP contribution is -2.47. The van der Waals surface area contributed by atoms with E-state index in [2.05, 4.69) is 15.6 Å². The fourth-order valence-electron chi connectivity index (χ4n) is 3.93. The minimum Gasteiger partial charge on any atom is -0.384 e. The largest absolute Gasteiger partial charge is 0.384 e. The molecule has 0 saturated carbocycles. The zero-order chi connectivity index (χ0) is 24.1. The van der Waals surface area contributed by atoms with Crippen molar-refractivity contribution in [3.05, 3.63) is 94.9 Å². The van der Waals surface area contributed by atoms with Crippen LogP contribution in [0.3, 0.4) is 0 Å². The molecule has 4 unspecified atom stereocenters. The van der Waals surface area contributed by atoms with E-state index in [4.69, 9.17) is 10.5 Å². The highest BCUT2D eigenvalue weighted by Gasteiger charge is 2.45. The minimum atomic E-state index is -1.19. The van der Waals surface area contributed by atoms with Gasteiger partial charge in [-0.15, -0.1) is 0 Å². The van der Waals surface area contributed by atoms with Crippen molar-refractivity contribution in [3.8, 4) is 0 Å². The molecule has 34 heavy (non-hydrogen) atoms. The number of carbonyl (C=O) groups is 1. The maximum absolute atomic E-state index is 13.3. The van der Waals surface area contributed by atoms with E-state index in [1.165, 1.54) is 12.1 Å². The van der Waals surface area contributed by atoms with Gasteiger partial charge < -0.3 is 20.9 Å². The Morgan fingerprint density at radius 1 is 1.09 bits per heavy atom. The van der Waals surface area contributed by atoms with E-state index in [0.717, 1.165) is 22.4 Å². The first kappa shape index (κ1) is 23.8. The van der Waals surface area contributed by atoms with Crippen molar-refractivity contribution >= 4 is 11.7 Å². The fraction of sp³-hybridized carbons (Fsp3) is 0.308. The van der Waals surface area contributed by atoms with Crippen molar-refractivity contribution in [1.29, 1.82) is 0 Å². The number of amides is 1. The third kappa shape index (κ3) is 6.38. The number of nitrogens with zero attached hydrogens (tertiary/aromatic N) is 1. The van der Waals surface area contributed by atoms with Crippen LogP contribution in [-0.2, 0) is 28.9 Å². The normalized spacial score (nSPS) is 18.8. The SMILES string of the molecule is Cc1nc(N)ccc1CNC1OC1C(Cc1ccc(F)cc1)NC(=O)C(O)Cc1ccccc1. The van der Waals surface area contributed by atoms with Crippen molar-refractivity contribution in [2.24, 2.45) is 0 Å². The maximum atomic E-state index is 13.3. The van der Waals surface area contributed by atoms with Gasteiger partial charge in [0.25, 0.3) is 0 Å². The van der Waals surface area contributed by atoms with E-state index in [1.807, 2.05) is 43.3 Å². The molecule has 1 aliphatic heterocycles. The average molecular weight is 465 g/mol. The molecule has 178 valence electrons. The Morgan fingerprint density at radius 3 is 2.50 bits per heavy atom. The van der Waals surface area contributed by atoms with Crippen LogP contribution in [0.5, 0.6) is 0 Å². The molecular formula is C26H29FN4O3. The van der Waals surface area contributed by atoms with Gasteiger partial charge in [0.05, 0.1) is 6.04 Å². The van der Waals surface area contributed by atoms with Crippen molar-refractivity contribution in [1.82, 2.24) is 15.6 Å². The molecule has 4 atom stereocenters. The fourth-order valence-corrected chi connectivity index (χ4v) is 3.93. The monoisotopic (exact) mass is 464 g/mol. The van der Waals surface area contributed by atoms with Crippen LogP contribution in [0.15, 0.2) is 66.7 Å². The predicted molar refractivity (Wildman–Crippen MR) is 127 cm³/mol. The summed E-state index contributed by atoms with van der Waals surface area (Å²) < 4.78 is 19.2. The molecule has 4 rings (SSSR count). The van der Waals surface area contributed by atoms with Crippen molar-refractivity contribution in [3.63, 3.8) is 0 Å². The van der Waals surface area contributed by atoms with Crippen molar-refractivity contribution < 1.29 is 19.0 Å². The van der Waals surface area contributed by atoms with E-state index in [-0.39, 0.29) is 24.6 Å². The van der Waals surface area contributed by atoms with Crippen LogP contribution in [0, 0.1) is 12.7 Å². The van der Waals surface area contributed by atoms with Crippen molar-refractivity contribution in [2.45, 2.75) is 50.8 Å². The number of anilines is 1. The molecule has 2 heterocycles. The molecular weight excluding hydrogens is 435 g/mol. The van der Waals surface area contributed by atoms with Crippen LogP contribution in [-0.4, -0.2) is 40.5 Å². The van der Waals surface area contributed by atoms with Gasteiger partial charge >= 0.3 is 0 Å². The molecule has 0 radical (unpaired) electrons. The summed E-state index contributed by atoms with van der Waals surface area (Å²) in [5.74, 6) is -0.320. The smallest absolute Gasteiger partial charge is 0.249 e. The van der Waals surface area contributed by atoms with Gasteiger partial charge in [-0.05, 0) is 48.2 Å². The maximum Gasteiger partial charge on any atom is 0.249 e. The summed E-state index contributed by atoms with van der Waals surface area (Å²) >= 11 is 0. The van der Waals surface area contributed by atoms with Crippen LogP contribution in [0.1, 0.15) is 22.4 Å². The number of rotatable bonds is 10. The summed E-state index contributed by atoms with van der Waals surface area (Å²) in [6.07, 6.45) is -1.09. The Balaban J connectivity index is 1.39. The number of carbonyl (C=O) groups excluding carboxylic acids is 1. The molecule has 5 N–H and O–H groups in total. The highest BCUT2D eigenvalue weighted by Crippen LogP contribution is 2.26. The molecule has 8 heteroatoms. The Labute approximate surface area is 198 Å². The lowest BCUT2D eigenvalue weighted by atomic mass is 10.0. The zero-order valence-electron chi connectivity index (χ0n) is 18.9. The van der Waals surface area contributed by atoms with Gasteiger partial charge in [-0.1, -0.05) is 48.5 Å². The first-order valence-electron chi connectivity index (χ1n) is 11.3. The Morgan fingerprint density at radius 2 is 1.79 bits per heavy atom. The van der Waals surface area contributed by atoms with Crippen molar-refractivity contribution in [2.75, 3.05) is 5.73 Å². The molecule has 1 aromatic heterocycles. The van der Waals surface area contributed by atoms with E-state index in [0.29, 0.717) is 18.8 Å². The second-order valence-corrected chi connectivity index (χ2v) is 8.53. The second kappa shape index (κ2) is 10.7. The summed E-state index contributed by atoms with van der Waals surface area (Å²) in [6.45, 7) is 2.43.